The fraction of sp³-hybridized carbons (Fsp3) is 0.333. The van der Waals surface area contributed by atoms with Crippen molar-refractivity contribution in [3.63, 3.8) is 0 Å². The van der Waals surface area contributed by atoms with E-state index in [1.807, 2.05) is 6.07 Å². The molecule has 3 heterocycles. The lowest BCUT2D eigenvalue weighted by molar-refractivity contribution is 0.0233. The largest absolute Gasteiger partial charge is 0.495 e. The molecule has 0 unspecified atom stereocenters. The molecule has 3 aromatic heterocycles. The Bertz CT molecular complexity index is 935. The Balaban J connectivity index is 1.63. The van der Waals surface area contributed by atoms with E-state index >= 15 is 0 Å². The number of rotatable bonds is 5. The SMILES string of the molecule is COc1cncc([C@@H](NC(=O)c2cnc3cccnn23)C2CC(O)C2)c1. The third kappa shape index (κ3) is 2.99. The highest BCUT2D eigenvalue weighted by molar-refractivity contribution is 5.93. The van der Waals surface area contributed by atoms with Crippen molar-refractivity contribution >= 4 is 11.6 Å². The molecule has 8 nitrogen and oxygen atoms in total. The Morgan fingerprint density at radius 2 is 2.23 bits per heavy atom. The maximum absolute atomic E-state index is 12.9. The molecule has 0 saturated heterocycles. The van der Waals surface area contributed by atoms with E-state index in [2.05, 4.69) is 20.4 Å². The smallest absolute Gasteiger partial charge is 0.272 e. The normalized spacial score (nSPS) is 20.4. The molecule has 3 aromatic rings. The van der Waals surface area contributed by atoms with Crippen LogP contribution in [0, 0.1) is 5.92 Å². The van der Waals surface area contributed by atoms with Crippen molar-refractivity contribution in [2.75, 3.05) is 7.11 Å². The van der Waals surface area contributed by atoms with Gasteiger partial charge in [-0.3, -0.25) is 9.78 Å². The second kappa shape index (κ2) is 6.72. The molecule has 4 rings (SSSR count). The molecule has 0 aromatic carbocycles. The van der Waals surface area contributed by atoms with Gasteiger partial charge < -0.3 is 15.2 Å². The van der Waals surface area contributed by atoms with Crippen molar-refractivity contribution in [3.05, 3.63) is 54.2 Å². The number of ether oxygens (including phenoxy) is 1. The number of fused-ring (bicyclic) bond motifs is 1. The van der Waals surface area contributed by atoms with Crippen molar-refractivity contribution in [2.24, 2.45) is 5.92 Å². The van der Waals surface area contributed by atoms with Crippen LogP contribution in [0.5, 0.6) is 5.75 Å². The van der Waals surface area contributed by atoms with E-state index in [1.54, 1.807) is 37.8 Å². The standard InChI is InChI=1S/C18H19N5O3/c1-26-14-7-12(8-19-9-14)17(11-5-13(24)6-11)22-18(25)15-10-20-16-3-2-4-21-23(15)16/h2-4,7-11,13,17,24H,5-6H2,1H3,(H,22,25)/t11?,13?,17-/m0/s1. The molecule has 8 heteroatoms. The van der Waals surface area contributed by atoms with Gasteiger partial charge in [-0.25, -0.2) is 9.50 Å². The van der Waals surface area contributed by atoms with Crippen LogP contribution >= 0.6 is 0 Å². The van der Waals surface area contributed by atoms with Gasteiger partial charge >= 0.3 is 0 Å². The van der Waals surface area contributed by atoms with Gasteiger partial charge in [-0.2, -0.15) is 5.10 Å². The molecule has 0 spiro atoms. The molecule has 1 aliphatic rings. The van der Waals surface area contributed by atoms with Gasteiger partial charge in [-0.1, -0.05) is 0 Å². The van der Waals surface area contributed by atoms with Crippen LogP contribution in [0.15, 0.2) is 43.0 Å². The zero-order chi connectivity index (χ0) is 18.1. The topological polar surface area (TPSA) is 102 Å². The Morgan fingerprint density at radius 1 is 1.38 bits per heavy atom. The fourth-order valence-corrected chi connectivity index (χ4v) is 3.29. The minimum Gasteiger partial charge on any atom is -0.495 e. The van der Waals surface area contributed by atoms with Gasteiger partial charge in [-0.05, 0) is 42.5 Å². The summed E-state index contributed by atoms with van der Waals surface area (Å²) in [7, 11) is 1.57. The van der Waals surface area contributed by atoms with E-state index in [0.29, 0.717) is 29.9 Å². The number of hydrogen-bond acceptors (Lipinski definition) is 6. The van der Waals surface area contributed by atoms with Crippen LogP contribution in [0.1, 0.15) is 34.9 Å². The van der Waals surface area contributed by atoms with E-state index < -0.39 is 0 Å². The number of imidazole rings is 1. The first-order valence-electron chi connectivity index (χ1n) is 8.42. The van der Waals surface area contributed by atoms with Gasteiger partial charge in [0.25, 0.3) is 5.91 Å². The van der Waals surface area contributed by atoms with Crippen LogP contribution in [0.2, 0.25) is 0 Å². The minimum absolute atomic E-state index is 0.134. The van der Waals surface area contributed by atoms with E-state index in [-0.39, 0.29) is 24.0 Å². The number of aliphatic hydroxyl groups excluding tert-OH is 1. The van der Waals surface area contributed by atoms with Crippen LogP contribution < -0.4 is 10.1 Å². The minimum atomic E-state index is -0.324. The molecule has 1 aliphatic carbocycles. The number of aromatic nitrogens is 4. The van der Waals surface area contributed by atoms with Crippen molar-refractivity contribution in [1.82, 2.24) is 24.9 Å². The number of methoxy groups -OCH3 is 1. The number of nitrogens with zero attached hydrogens (tertiary/aromatic N) is 4. The molecule has 134 valence electrons. The Hall–Kier alpha value is -3.00. The summed E-state index contributed by atoms with van der Waals surface area (Å²) in [5.41, 5.74) is 1.81. The van der Waals surface area contributed by atoms with Gasteiger partial charge in [0.15, 0.2) is 5.65 Å². The Morgan fingerprint density at radius 3 is 3.00 bits per heavy atom. The molecule has 0 bridgehead atoms. The van der Waals surface area contributed by atoms with Gasteiger partial charge in [0.1, 0.15) is 11.4 Å². The molecule has 0 aliphatic heterocycles. The van der Waals surface area contributed by atoms with Crippen LogP contribution in [0.25, 0.3) is 5.65 Å². The number of pyridine rings is 1. The number of carbonyl (C=O) groups excluding carboxylic acids is 1. The molecule has 1 fully saturated rings. The first kappa shape index (κ1) is 16.5. The molecule has 0 radical (unpaired) electrons. The number of amides is 1. The van der Waals surface area contributed by atoms with Gasteiger partial charge in [0, 0.05) is 12.4 Å². The summed E-state index contributed by atoms with van der Waals surface area (Å²) >= 11 is 0. The third-order valence-electron chi connectivity index (χ3n) is 4.75. The van der Waals surface area contributed by atoms with E-state index in [9.17, 15) is 9.90 Å². The molecule has 1 atom stereocenters. The van der Waals surface area contributed by atoms with Crippen molar-refractivity contribution in [2.45, 2.75) is 25.0 Å². The highest BCUT2D eigenvalue weighted by Gasteiger charge is 2.36. The van der Waals surface area contributed by atoms with Crippen LogP contribution in [-0.2, 0) is 0 Å². The average Bonchev–Trinajstić information content (AvgIpc) is 3.08. The second-order valence-corrected chi connectivity index (χ2v) is 6.43. The summed E-state index contributed by atoms with van der Waals surface area (Å²) in [6.45, 7) is 0. The first-order chi connectivity index (χ1) is 12.7. The summed E-state index contributed by atoms with van der Waals surface area (Å²) in [5.74, 6) is 0.485. The summed E-state index contributed by atoms with van der Waals surface area (Å²) in [6, 6.07) is 5.14. The van der Waals surface area contributed by atoms with Crippen LogP contribution in [0.4, 0.5) is 0 Å². The third-order valence-corrected chi connectivity index (χ3v) is 4.75. The van der Waals surface area contributed by atoms with Gasteiger partial charge in [0.2, 0.25) is 0 Å². The zero-order valence-corrected chi connectivity index (χ0v) is 14.2. The van der Waals surface area contributed by atoms with E-state index in [1.165, 1.54) is 10.7 Å². The maximum Gasteiger partial charge on any atom is 0.272 e. The number of carbonyl (C=O) groups is 1. The average molecular weight is 353 g/mol. The molecule has 1 amide bonds. The summed E-state index contributed by atoms with van der Waals surface area (Å²) in [4.78, 5) is 21.3. The highest BCUT2D eigenvalue weighted by Crippen LogP contribution is 2.38. The number of hydrogen-bond donors (Lipinski definition) is 2. The molecule has 1 saturated carbocycles. The highest BCUT2D eigenvalue weighted by atomic mass is 16.5. The molecular weight excluding hydrogens is 334 g/mol. The Labute approximate surface area is 149 Å². The number of nitrogens with one attached hydrogen (secondary N) is 1. The monoisotopic (exact) mass is 353 g/mol. The first-order valence-corrected chi connectivity index (χ1v) is 8.42. The lowest BCUT2D eigenvalue weighted by Gasteiger charge is -2.38. The lowest BCUT2D eigenvalue weighted by Crippen LogP contribution is -2.41. The molecule has 2 N–H and O–H groups in total. The van der Waals surface area contributed by atoms with E-state index in [0.717, 1.165) is 5.56 Å². The predicted molar refractivity (Wildman–Crippen MR) is 92.7 cm³/mol. The maximum atomic E-state index is 12.9. The summed E-state index contributed by atoms with van der Waals surface area (Å²) in [5, 5.41) is 16.9. The fourth-order valence-electron chi connectivity index (χ4n) is 3.29. The summed E-state index contributed by atoms with van der Waals surface area (Å²) in [6.07, 6.45) is 7.39. The van der Waals surface area contributed by atoms with Crippen molar-refractivity contribution < 1.29 is 14.6 Å². The van der Waals surface area contributed by atoms with E-state index in [4.69, 9.17) is 4.74 Å². The molecule has 26 heavy (non-hydrogen) atoms. The lowest BCUT2D eigenvalue weighted by atomic mass is 9.75. The van der Waals surface area contributed by atoms with Gasteiger partial charge in [0.05, 0.1) is 31.6 Å². The quantitative estimate of drug-likeness (QED) is 0.718. The van der Waals surface area contributed by atoms with Gasteiger partial charge in [-0.15, -0.1) is 0 Å². The van der Waals surface area contributed by atoms with Crippen molar-refractivity contribution in [3.8, 4) is 5.75 Å². The number of aliphatic hydroxyl groups is 1. The van der Waals surface area contributed by atoms with Crippen LogP contribution in [0.3, 0.4) is 0 Å². The predicted octanol–water partition coefficient (Wildman–Crippen LogP) is 1.37. The summed E-state index contributed by atoms with van der Waals surface area (Å²) < 4.78 is 6.75. The zero-order valence-electron chi connectivity index (χ0n) is 14.2. The Kier molecular flexibility index (Phi) is 4.26. The van der Waals surface area contributed by atoms with Crippen LogP contribution in [-0.4, -0.2) is 43.8 Å². The van der Waals surface area contributed by atoms with Crippen molar-refractivity contribution in [1.29, 1.82) is 0 Å². The molecular formula is C18H19N5O3. The second-order valence-electron chi connectivity index (χ2n) is 6.43.